The third-order valence-electron chi connectivity index (χ3n) is 3.10. The van der Waals surface area contributed by atoms with Gasteiger partial charge >= 0.3 is 5.97 Å². The molecule has 0 aliphatic carbocycles. The lowest BCUT2D eigenvalue weighted by molar-refractivity contribution is -0.385. The summed E-state index contributed by atoms with van der Waals surface area (Å²) in [5.74, 6) is -1.49. The monoisotopic (exact) mass is 252 g/mol. The van der Waals surface area contributed by atoms with Crippen LogP contribution in [0.25, 0.3) is 0 Å². The van der Waals surface area contributed by atoms with Gasteiger partial charge in [0.15, 0.2) is 0 Å². The van der Waals surface area contributed by atoms with Gasteiger partial charge in [0.1, 0.15) is 5.54 Å². The van der Waals surface area contributed by atoms with Crippen LogP contribution in [0, 0.1) is 16.0 Å². The molecule has 18 heavy (non-hydrogen) atoms. The second-order valence-corrected chi connectivity index (χ2v) is 4.56. The topological polar surface area (TPSA) is 106 Å². The van der Waals surface area contributed by atoms with Crippen molar-refractivity contribution in [2.45, 2.75) is 25.8 Å². The number of carboxylic acid groups (broad SMARTS) is 1. The summed E-state index contributed by atoms with van der Waals surface area (Å²) in [6.45, 7) is 3.37. The van der Waals surface area contributed by atoms with Crippen molar-refractivity contribution < 1.29 is 14.8 Å². The van der Waals surface area contributed by atoms with Crippen molar-refractivity contribution in [3.05, 3.63) is 39.9 Å². The van der Waals surface area contributed by atoms with Crippen molar-refractivity contribution >= 4 is 11.7 Å². The average Bonchev–Trinajstić information content (AvgIpc) is 2.28. The molecule has 6 nitrogen and oxygen atoms in total. The standard InChI is InChI=1S/C12H16N2O4/c1-8(2)12(13,11(15)16)7-9-5-3-4-6-10(9)14(17)18/h3-6,8H,7,13H2,1-2H3,(H,15,16)/t12-/m0/s1. The molecule has 1 atom stereocenters. The molecule has 0 heterocycles. The van der Waals surface area contributed by atoms with Crippen LogP contribution in [0.1, 0.15) is 19.4 Å². The minimum Gasteiger partial charge on any atom is -0.480 e. The smallest absolute Gasteiger partial charge is 0.324 e. The molecule has 1 rings (SSSR count). The maximum Gasteiger partial charge on any atom is 0.324 e. The van der Waals surface area contributed by atoms with Gasteiger partial charge in [0.2, 0.25) is 0 Å². The Morgan fingerprint density at radius 1 is 1.50 bits per heavy atom. The SMILES string of the molecule is CC(C)[C@@](N)(Cc1ccccc1[N+](=O)[O-])C(=O)O. The fourth-order valence-electron chi connectivity index (χ4n) is 1.68. The highest BCUT2D eigenvalue weighted by atomic mass is 16.6. The largest absolute Gasteiger partial charge is 0.480 e. The number of nitrogens with zero attached hydrogens (tertiary/aromatic N) is 1. The predicted molar refractivity (Wildman–Crippen MR) is 66.2 cm³/mol. The number of para-hydroxylation sites is 1. The molecular weight excluding hydrogens is 236 g/mol. The lowest BCUT2D eigenvalue weighted by Gasteiger charge is -2.28. The molecule has 0 saturated heterocycles. The number of carbonyl (C=O) groups is 1. The van der Waals surface area contributed by atoms with Gasteiger partial charge < -0.3 is 10.8 Å². The summed E-state index contributed by atoms with van der Waals surface area (Å²) in [4.78, 5) is 21.6. The molecule has 0 spiro atoms. The van der Waals surface area contributed by atoms with Gasteiger partial charge in [-0.25, -0.2) is 0 Å². The maximum absolute atomic E-state index is 11.3. The lowest BCUT2D eigenvalue weighted by atomic mass is 9.81. The summed E-state index contributed by atoms with van der Waals surface area (Å²) in [5, 5.41) is 20.1. The third-order valence-corrected chi connectivity index (χ3v) is 3.10. The maximum atomic E-state index is 11.3. The minimum absolute atomic E-state index is 0.0723. The molecule has 1 aromatic carbocycles. The van der Waals surface area contributed by atoms with Gasteiger partial charge in [0.05, 0.1) is 4.92 Å². The van der Waals surface area contributed by atoms with Crippen LogP contribution in [0.3, 0.4) is 0 Å². The average molecular weight is 252 g/mol. The highest BCUT2D eigenvalue weighted by Crippen LogP contribution is 2.26. The van der Waals surface area contributed by atoms with Gasteiger partial charge in [-0.1, -0.05) is 32.0 Å². The molecule has 0 bridgehead atoms. The van der Waals surface area contributed by atoms with E-state index in [1.165, 1.54) is 18.2 Å². The molecule has 0 aliphatic heterocycles. The second kappa shape index (κ2) is 5.14. The van der Waals surface area contributed by atoms with E-state index < -0.39 is 16.4 Å². The molecule has 0 unspecified atom stereocenters. The van der Waals surface area contributed by atoms with Gasteiger partial charge in [-0.15, -0.1) is 0 Å². The Morgan fingerprint density at radius 3 is 2.50 bits per heavy atom. The molecule has 0 amide bonds. The molecule has 0 fully saturated rings. The molecule has 0 aromatic heterocycles. The van der Waals surface area contributed by atoms with Crippen LogP contribution < -0.4 is 5.73 Å². The van der Waals surface area contributed by atoms with E-state index in [9.17, 15) is 20.0 Å². The zero-order valence-electron chi connectivity index (χ0n) is 10.3. The summed E-state index contributed by atoms with van der Waals surface area (Å²) in [7, 11) is 0. The molecular formula is C12H16N2O4. The summed E-state index contributed by atoms with van der Waals surface area (Å²) in [6, 6.07) is 6.05. The van der Waals surface area contributed by atoms with Crippen LogP contribution in [-0.4, -0.2) is 21.5 Å². The Balaban J connectivity index is 3.17. The number of rotatable bonds is 5. The Bertz CT molecular complexity index is 473. The van der Waals surface area contributed by atoms with Crippen LogP contribution in [0.5, 0.6) is 0 Å². The van der Waals surface area contributed by atoms with E-state index in [0.29, 0.717) is 5.56 Å². The summed E-state index contributed by atoms with van der Waals surface area (Å²) in [5.41, 5.74) is 4.59. The number of nitro groups is 1. The number of nitrogens with two attached hydrogens (primary N) is 1. The Kier molecular flexibility index (Phi) is 4.03. The minimum atomic E-state index is -1.51. The van der Waals surface area contributed by atoms with Crippen LogP contribution >= 0.6 is 0 Å². The first kappa shape index (κ1) is 14.1. The van der Waals surface area contributed by atoms with Crippen LogP contribution in [-0.2, 0) is 11.2 Å². The highest BCUT2D eigenvalue weighted by Gasteiger charge is 2.39. The van der Waals surface area contributed by atoms with E-state index in [4.69, 9.17) is 5.73 Å². The van der Waals surface area contributed by atoms with Gasteiger partial charge in [-0.05, 0) is 5.92 Å². The van der Waals surface area contributed by atoms with Gasteiger partial charge in [-0.3, -0.25) is 14.9 Å². The highest BCUT2D eigenvalue weighted by molar-refractivity contribution is 5.79. The van der Waals surface area contributed by atoms with Crippen molar-refractivity contribution in [3.63, 3.8) is 0 Å². The summed E-state index contributed by atoms with van der Waals surface area (Å²) >= 11 is 0. The molecule has 0 saturated carbocycles. The quantitative estimate of drug-likeness (QED) is 0.611. The molecule has 98 valence electrons. The molecule has 1 aromatic rings. The molecule has 6 heteroatoms. The summed E-state index contributed by atoms with van der Waals surface area (Å²) < 4.78 is 0. The van der Waals surface area contributed by atoms with Crippen LogP contribution in [0.2, 0.25) is 0 Å². The zero-order valence-corrected chi connectivity index (χ0v) is 10.3. The number of aliphatic carboxylic acids is 1. The second-order valence-electron chi connectivity index (χ2n) is 4.56. The van der Waals surface area contributed by atoms with Crippen molar-refractivity contribution in [2.24, 2.45) is 11.7 Å². The Labute approximate surface area is 105 Å². The number of carboxylic acids is 1. The summed E-state index contributed by atoms with van der Waals surface area (Å²) in [6.07, 6.45) is -0.0723. The van der Waals surface area contributed by atoms with E-state index in [-0.39, 0.29) is 18.0 Å². The lowest BCUT2D eigenvalue weighted by Crippen LogP contribution is -2.54. The van der Waals surface area contributed by atoms with E-state index >= 15 is 0 Å². The Morgan fingerprint density at radius 2 is 2.06 bits per heavy atom. The van der Waals surface area contributed by atoms with E-state index in [1.54, 1.807) is 19.9 Å². The number of benzene rings is 1. The van der Waals surface area contributed by atoms with E-state index in [1.807, 2.05) is 0 Å². The Hall–Kier alpha value is -1.95. The molecule has 3 N–H and O–H groups in total. The van der Waals surface area contributed by atoms with Crippen LogP contribution in [0.4, 0.5) is 5.69 Å². The zero-order chi connectivity index (χ0) is 13.9. The van der Waals surface area contributed by atoms with Gasteiger partial charge in [-0.2, -0.15) is 0 Å². The fourth-order valence-corrected chi connectivity index (χ4v) is 1.68. The molecule has 0 radical (unpaired) electrons. The number of hydrogen-bond donors (Lipinski definition) is 2. The first-order valence-electron chi connectivity index (χ1n) is 5.53. The third kappa shape index (κ3) is 2.65. The van der Waals surface area contributed by atoms with E-state index in [0.717, 1.165) is 0 Å². The van der Waals surface area contributed by atoms with Gasteiger partial charge in [0.25, 0.3) is 5.69 Å². The van der Waals surface area contributed by atoms with E-state index in [2.05, 4.69) is 0 Å². The fraction of sp³-hybridized carbons (Fsp3) is 0.417. The van der Waals surface area contributed by atoms with Crippen molar-refractivity contribution in [2.75, 3.05) is 0 Å². The van der Waals surface area contributed by atoms with Crippen molar-refractivity contribution in [1.29, 1.82) is 0 Å². The first-order chi connectivity index (χ1) is 8.29. The molecule has 0 aliphatic rings. The number of hydrogen-bond acceptors (Lipinski definition) is 4. The first-order valence-corrected chi connectivity index (χ1v) is 5.53. The van der Waals surface area contributed by atoms with Gasteiger partial charge in [0, 0.05) is 18.1 Å². The predicted octanol–water partition coefficient (Wildman–Crippen LogP) is 1.58. The van der Waals surface area contributed by atoms with Crippen molar-refractivity contribution in [3.8, 4) is 0 Å². The number of nitro benzene ring substituents is 1. The van der Waals surface area contributed by atoms with Crippen LogP contribution in [0.15, 0.2) is 24.3 Å². The van der Waals surface area contributed by atoms with Crippen molar-refractivity contribution in [1.82, 2.24) is 0 Å². The normalized spacial score (nSPS) is 14.2.